The predicted octanol–water partition coefficient (Wildman–Crippen LogP) is 1.85. The zero-order valence-electron chi connectivity index (χ0n) is 10.3. The van der Waals surface area contributed by atoms with Crippen molar-refractivity contribution in [2.75, 3.05) is 0 Å². The van der Waals surface area contributed by atoms with Crippen LogP contribution in [0.4, 0.5) is 0 Å². The van der Waals surface area contributed by atoms with Crippen molar-refractivity contribution in [1.82, 2.24) is 9.78 Å². The Hall–Kier alpha value is -1.66. The summed E-state index contributed by atoms with van der Waals surface area (Å²) >= 11 is 0. The van der Waals surface area contributed by atoms with Gasteiger partial charge in [-0.1, -0.05) is 25.1 Å². The Morgan fingerprint density at radius 2 is 2.06 bits per heavy atom. The van der Waals surface area contributed by atoms with Crippen molar-refractivity contribution in [3.8, 4) is 0 Å². The summed E-state index contributed by atoms with van der Waals surface area (Å²) in [5.74, 6) is -0.0107. The summed E-state index contributed by atoms with van der Waals surface area (Å²) in [6, 6.07) is 9.02. The van der Waals surface area contributed by atoms with Crippen LogP contribution in [0.2, 0.25) is 0 Å². The van der Waals surface area contributed by atoms with Gasteiger partial charge in [0.25, 0.3) is 0 Å². The molecule has 0 amide bonds. The summed E-state index contributed by atoms with van der Waals surface area (Å²) in [5, 5.41) is 9.58. The second kappa shape index (κ2) is 4.55. The van der Waals surface area contributed by atoms with Gasteiger partial charge in [0.05, 0.1) is 4.90 Å². The smallest absolute Gasteiger partial charge is 0.132 e. The van der Waals surface area contributed by atoms with E-state index >= 15 is 0 Å². The van der Waals surface area contributed by atoms with Gasteiger partial charge in [-0.3, -0.25) is 4.68 Å². The average Bonchev–Trinajstić information content (AvgIpc) is 2.73. The molecule has 2 aromatic rings. The summed E-state index contributed by atoms with van der Waals surface area (Å²) in [4.78, 5) is 0.388. The molecule has 0 spiro atoms. The van der Waals surface area contributed by atoms with Crippen LogP contribution >= 0.6 is 0 Å². The summed E-state index contributed by atoms with van der Waals surface area (Å²) in [7, 11) is -1.36. The lowest BCUT2D eigenvalue weighted by atomic mass is 9.98. The van der Waals surface area contributed by atoms with Gasteiger partial charge in [-0.2, -0.15) is 5.10 Å². The fraction of sp³-hybridized carbons (Fsp3) is 0.250. The van der Waals surface area contributed by atoms with Crippen molar-refractivity contribution >= 4 is 9.92 Å². The van der Waals surface area contributed by atoms with Crippen molar-refractivity contribution in [2.24, 2.45) is 12.2 Å². The fourth-order valence-electron chi connectivity index (χ4n) is 2.08. The van der Waals surface area contributed by atoms with Crippen molar-refractivity contribution in [3.63, 3.8) is 0 Å². The molecule has 0 saturated carbocycles. The van der Waals surface area contributed by atoms with Crippen molar-refractivity contribution < 1.29 is 4.21 Å². The lowest BCUT2D eigenvalue weighted by Crippen LogP contribution is -2.15. The first kappa shape index (κ1) is 12.8. The number of nitrogens with zero attached hydrogens (tertiary/aromatic N) is 2. The Bertz CT molecular complexity index is 660. The SMILES string of the molecule is C[C@@H](c1ccccc1S(=N)(N)=O)c1ccnn1C. The normalized spacial score (nSPS) is 16.2. The van der Waals surface area contributed by atoms with E-state index in [-0.39, 0.29) is 5.92 Å². The molecule has 0 aliphatic carbocycles. The van der Waals surface area contributed by atoms with Gasteiger partial charge in [-0.05, 0) is 17.7 Å². The molecule has 0 aliphatic heterocycles. The third-order valence-electron chi connectivity index (χ3n) is 3.01. The maximum atomic E-state index is 11.8. The first-order valence-corrected chi connectivity index (χ1v) is 7.16. The Morgan fingerprint density at radius 1 is 1.39 bits per heavy atom. The second-order valence-electron chi connectivity index (χ2n) is 4.24. The van der Waals surface area contributed by atoms with Crippen LogP contribution in [0.3, 0.4) is 0 Å². The van der Waals surface area contributed by atoms with Crippen LogP contribution in [0, 0.1) is 4.78 Å². The maximum Gasteiger partial charge on any atom is 0.132 e. The van der Waals surface area contributed by atoms with Crippen LogP contribution in [0.5, 0.6) is 0 Å². The number of hydrogen-bond acceptors (Lipinski definition) is 3. The minimum absolute atomic E-state index is 0.0107. The summed E-state index contributed by atoms with van der Waals surface area (Å²) in [6.07, 6.45) is 1.72. The first-order valence-electron chi connectivity index (χ1n) is 5.54. The van der Waals surface area contributed by atoms with Crippen molar-refractivity contribution in [2.45, 2.75) is 17.7 Å². The molecular weight excluding hydrogens is 248 g/mol. The minimum Gasteiger partial charge on any atom is -0.272 e. The van der Waals surface area contributed by atoms with E-state index in [2.05, 4.69) is 5.10 Å². The van der Waals surface area contributed by atoms with Crippen LogP contribution in [0.15, 0.2) is 41.4 Å². The minimum atomic E-state index is -3.21. The molecule has 18 heavy (non-hydrogen) atoms. The number of nitrogens with one attached hydrogen (secondary N) is 1. The largest absolute Gasteiger partial charge is 0.272 e. The Morgan fingerprint density at radius 3 is 2.61 bits per heavy atom. The van der Waals surface area contributed by atoms with E-state index in [1.54, 1.807) is 23.0 Å². The van der Waals surface area contributed by atoms with Gasteiger partial charge < -0.3 is 0 Å². The Labute approximate surface area is 107 Å². The molecule has 1 unspecified atom stereocenters. The average molecular weight is 264 g/mol. The van der Waals surface area contributed by atoms with Gasteiger partial charge in [-0.25, -0.2) is 14.1 Å². The molecule has 0 radical (unpaired) electrons. The van der Waals surface area contributed by atoms with Gasteiger partial charge >= 0.3 is 0 Å². The van der Waals surface area contributed by atoms with Crippen molar-refractivity contribution in [3.05, 3.63) is 47.8 Å². The van der Waals surface area contributed by atoms with E-state index in [9.17, 15) is 4.21 Å². The van der Waals surface area contributed by atoms with Crippen LogP contribution < -0.4 is 5.14 Å². The monoisotopic (exact) mass is 264 g/mol. The number of nitrogens with two attached hydrogens (primary N) is 1. The highest BCUT2D eigenvalue weighted by atomic mass is 32.2. The molecular formula is C12H16N4OS. The van der Waals surface area contributed by atoms with E-state index in [0.717, 1.165) is 11.3 Å². The number of hydrogen-bond donors (Lipinski definition) is 2. The van der Waals surface area contributed by atoms with E-state index in [0.29, 0.717) is 4.90 Å². The highest BCUT2D eigenvalue weighted by Gasteiger charge is 2.18. The zero-order valence-corrected chi connectivity index (χ0v) is 11.1. The van der Waals surface area contributed by atoms with Crippen LogP contribution in [-0.4, -0.2) is 14.0 Å². The molecule has 2 atom stereocenters. The van der Waals surface area contributed by atoms with Crippen LogP contribution in [0.1, 0.15) is 24.1 Å². The number of aryl methyl sites for hydroxylation is 1. The quantitative estimate of drug-likeness (QED) is 0.886. The third kappa shape index (κ3) is 2.30. The first-order chi connectivity index (χ1) is 8.41. The third-order valence-corrected chi connectivity index (χ3v) is 4.04. The van der Waals surface area contributed by atoms with Gasteiger partial charge in [0.1, 0.15) is 9.92 Å². The Balaban J connectivity index is 2.56. The molecule has 0 fully saturated rings. The Kier molecular flexibility index (Phi) is 3.23. The van der Waals surface area contributed by atoms with E-state index in [1.165, 1.54) is 0 Å². The molecule has 2 rings (SSSR count). The van der Waals surface area contributed by atoms with Gasteiger partial charge in [0.2, 0.25) is 0 Å². The fourth-order valence-corrected chi connectivity index (χ4v) is 2.96. The summed E-state index contributed by atoms with van der Waals surface area (Å²) in [5.41, 5.74) is 1.80. The molecule has 0 saturated heterocycles. The summed E-state index contributed by atoms with van der Waals surface area (Å²) < 4.78 is 21.1. The van der Waals surface area contributed by atoms with E-state index in [4.69, 9.17) is 9.92 Å². The molecule has 0 bridgehead atoms. The predicted molar refractivity (Wildman–Crippen MR) is 70.5 cm³/mol. The molecule has 1 aromatic heterocycles. The highest BCUT2D eigenvalue weighted by Crippen LogP contribution is 2.28. The van der Waals surface area contributed by atoms with Gasteiger partial charge in [0, 0.05) is 24.9 Å². The number of aromatic nitrogens is 2. The number of rotatable bonds is 3. The van der Waals surface area contributed by atoms with Crippen molar-refractivity contribution in [1.29, 1.82) is 4.78 Å². The van der Waals surface area contributed by atoms with Crippen LogP contribution in [-0.2, 0) is 17.0 Å². The van der Waals surface area contributed by atoms with Gasteiger partial charge in [-0.15, -0.1) is 0 Å². The lowest BCUT2D eigenvalue weighted by molar-refractivity contribution is 0.666. The number of benzene rings is 1. The lowest BCUT2D eigenvalue weighted by Gasteiger charge is -2.16. The molecule has 3 N–H and O–H groups in total. The van der Waals surface area contributed by atoms with E-state index < -0.39 is 9.92 Å². The van der Waals surface area contributed by atoms with Crippen LogP contribution in [0.25, 0.3) is 0 Å². The molecule has 5 nitrogen and oxygen atoms in total. The highest BCUT2D eigenvalue weighted by molar-refractivity contribution is 7.90. The maximum absolute atomic E-state index is 11.8. The topological polar surface area (TPSA) is 84.8 Å². The van der Waals surface area contributed by atoms with E-state index in [1.807, 2.05) is 32.2 Å². The zero-order chi connectivity index (χ0) is 13.3. The molecule has 0 aliphatic rings. The summed E-state index contributed by atoms with van der Waals surface area (Å²) in [6.45, 7) is 1.99. The molecule has 96 valence electrons. The van der Waals surface area contributed by atoms with Gasteiger partial charge in [0.15, 0.2) is 0 Å². The molecule has 1 heterocycles. The second-order valence-corrected chi connectivity index (χ2v) is 5.88. The molecule has 1 aromatic carbocycles. The standard InChI is InChI=1S/C12H16N4OS/c1-9(11-7-8-15-16(11)2)10-5-3-4-6-12(10)18(13,14)17/h3-9H,1-2H3,(H3,13,14,17)/t9-/m0/s1. The molecule has 6 heteroatoms.